The van der Waals surface area contributed by atoms with E-state index in [1.54, 1.807) is 37.3 Å². The Morgan fingerprint density at radius 2 is 1.88 bits per heavy atom. The predicted octanol–water partition coefficient (Wildman–Crippen LogP) is 2.59. The molecule has 1 amide bonds. The Balaban J connectivity index is 1.80. The third kappa shape index (κ3) is 3.32. The number of carbonyl (C=O) groups excluding carboxylic acids is 1. The van der Waals surface area contributed by atoms with Crippen LogP contribution in [0.4, 0.5) is 5.69 Å². The number of sulfone groups is 1. The Hall–Kier alpha value is -2.74. The first kappa shape index (κ1) is 18.1. The number of likely N-dealkylation sites (tertiary alicyclic amines) is 1. The van der Waals surface area contributed by atoms with Crippen molar-refractivity contribution in [2.24, 2.45) is 0 Å². The van der Waals surface area contributed by atoms with Crippen LogP contribution in [-0.4, -0.2) is 42.5 Å². The number of hydrogen-bond acceptors (Lipinski definition) is 5. The van der Waals surface area contributed by atoms with E-state index < -0.39 is 20.0 Å². The first-order valence-corrected chi connectivity index (χ1v) is 9.68. The average Bonchev–Trinajstić information content (AvgIpc) is 3.13. The van der Waals surface area contributed by atoms with Crippen molar-refractivity contribution in [2.45, 2.75) is 23.5 Å². The van der Waals surface area contributed by atoms with Crippen LogP contribution in [0.3, 0.4) is 0 Å². The highest BCUT2D eigenvalue weighted by molar-refractivity contribution is 7.92. The zero-order valence-electron chi connectivity index (χ0n) is 14.2. The molecule has 2 aromatic rings. The molecule has 0 spiro atoms. The van der Waals surface area contributed by atoms with Gasteiger partial charge in [-0.15, -0.1) is 0 Å². The fourth-order valence-electron chi connectivity index (χ4n) is 3.09. The molecule has 1 aliphatic heterocycles. The molecule has 136 valence electrons. The van der Waals surface area contributed by atoms with E-state index >= 15 is 0 Å². The Morgan fingerprint density at radius 1 is 1.19 bits per heavy atom. The maximum atomic E-state index is 12.7. The number of nitro groups is 1. The lowest BCUT2D eigenvalue weighted by Gasteiger charge is -2.17. The second-order valence-electron chi connectivity index (χ2n) is 6.28. The predicted molar refractivity (Wildman–Crippen MR) is 95.8 cm³/mol. The van der Waals surface area contributed by atoms with Crippen LogP contribution in [0.5, 0.6) is 0 Å². The van der Waals surface area contributed by atoms with Gasteiger partial charge in [0, 0.05) is 30.3 Å². The minimum absolute atomic E-state index is 0.0811. The SMILES string of the molecule is Cc1ccc(C(=O)N2CCC(S(=O)(=O)c3ccccc3)C2)cc1[N+](=O)[O-]. The van der Waals surface area contributed by atoms with Gasteiger partial charge >= 0.3 is 0 Å². The lowest BCUT2D eigenvalue weighted by molar-refractivity contribution is -0.385. The fraction of sp³-hybridized carbons (Fsp3) is 0.278. The lowest BCUT2D eigenvalue weighted by atomic mass is 10.1. The number of aryl methyl sites for hydroxylation is 1. The van der Waals surface area contributed by atoms with E-state index in [4.69, 9.17) is 0 Å². The lowest BCUT2D eigenvalue weighted by Crippen LogP contribution is -2.32. The van der Waals surface area contributed by atoms with Gasteiger partial charge in [-0.2, -0.15) is 0 Å². The molecule has 0 radical (unpaired) electrons. The van der Waals surface area contributed by atoms with E-state index in [1.165, 1.54) is 23.1 Å². The van der Waals surface area contributed by atoms with Crippen molar-refractivity contribution in [1.29, 1.82) is 0 Å². The number of rotatable bonds is 4. The smallest absolute Gasteiger partial charge is 0.273 e. The molecule has 0 bridgehead atoms. The van der Waals surface area contributed by atoms with E-state index in [-0.39, 0.29) is 28.6 Å². The van der Waals surface area contributed by atoms with E-state index in [2.05, 4.69) is 0 Å². The molecule has 0 saturated carbocycles. The highest BCUT2D eigenvalue weighted by Gasteiger charge is 2.36. The van der Waals surface area contributed by atoms with Gasteiger partial charge in [0.2, 0.25) is 0 Å². The van der Waals surface area contributed by atoms with Crippen LogP contribution < -0.4 is 0 Å². The van der Waals surface area contributed by atoms with Crippen LogP contribution in [0.25, 0.3) is 0 Å². The summed E-state index contributed by atoms with van der Waals surface area (Å²) < 4.78 is 25.4. The third-order valence-corrected chi connectivity index (χ3v) is 6.79. The molecule has 0 aromatic heterocycles. The largest absolute Gasteiger partial charge is 0.337 e. The maximum absolute atomic E-state index is 12.7. The van der Waals surface area contributed by atoms with Crippen molar-refractivity contribution in [3.8, 4) is 0 Å². The Morgan fingerprint density at radius 3 is 2.54 bits per heavy atom. The number of hydrogen-bond donors (Lipinski definition) is 0. The van der Waals surface area contributed by atoms with Crippen molar-refractivity contribution >= 4 is 21.4 Å². The van der Waals surface area contributed by atoms with Gasteiger partial charge in [-0.1, -0.05) is 24.3 Å². The van der Waals surface area contributed by atoms with Gasteiger partial charge in [-0.3, -0.25) is 14.9 Å². The molecule has 7 nitrogen and oxygen atoms in total. The van der Waals surface area contributed by atoms with Crippen molar-refractivity contribution < 1.29 is 18.1 Å². The minimum atomic E-state index is -3.52. The summed E-state index contributed by atoms with van der Waals surface area (Å²) in [5.74, 6) is -0.390. The molecule has 1 fully saturated rings. The van der Waals surface area contributed by atoms with Gasteiger partial charge in [-0.25, -0.2) is 8.42 Å². The summed E-state index contributed by atoms with van der Waals surface area (Å²) in [4.78, 5) is 24.9. The van der Waals surface area contributed by atoms with E-state index in [0.717, 1.165) is 0 Å². The van der Waals surface area contributed by atoms with Crippen LogP contribution in [0, 0.1) is 17.0 Å². The summed E-state index contributed by atoms with van der Waals surface area (Å²) >= 11 is 0. The molecule has 2 aromatic carbocycles. The van der Waals surface area contributed by atoms with Crippen molar-refractivity contribution in [3.63, 3.8) is 0 Å². The average molecular weight is 374 g/mol. The Labute approximate surface area is 151 Å². The molecular weight excluding hydrogens is 356 g/mol. The molecular formula is C18H18N2O5S. The molecule has 1 unspecified atom stereocenters. The standard InChI is InChI=1S/C18H18N2O5S/c1-13-7-8-14(11-17(13)20(22)23)18(21)19-10-9-16(12-19)26(24,25)15-5-3-2-4-6-15/h2-8,11,16H,9-10,12H2,1H3. The van der Waals surface area contributed by atoms with Gasteiger partial charge in [0.25, 0.3) is 11.6 Å². The second-order valence-corrected chi connectivity index (χ2v) is 8.51. The van der Waals surface area contributed by atoms with Gasteiger partial charge in [0.05, 0.1) is 15.1 Å². The van der Waals surface area contributed by atoms with E-state index in [1.807, 2.05) is 0 Å². The molecule has 0 N–H and O–H groups in total. The zero-order valence-corrected chi connectivity index (χ0v) is 15.0. The molecule has 1 saturated heterocycles. The summed E-state index contributed by atoms with van der Waals surface area (Å²) in [6.45, 7) is 1.99. The molecule has 8 heteroatoms. The Kier molecular flexibility index (Phi) is 4.78. The Bertz CT molecular complexity index is 957. The van der Waals surface area contributed by atoms with Crippen LogP contribution in [-0.2, 0) is 9.84 Å². The van der Waals surface area contributed by atoms with Crippen molar-refractivity contribution in [3.05, 3.63) is 69.8 Å². The van der Waals surface area contributed by atoms with E-state index in [0.29, 0.717) is 18.5 Å². The van der Waals surface area contributed by atoms with Gasteiger partial charge in [0.1, 0.15) is 0 Å². The molecule has 3 rings (SSSR count). The summed E-state index contributed by atoms with van der Waals surface area (Å²) in [7, 11) is -3.52. The summed E-state index contributed by atoms with van der Waals surface area (Å²) in [6, 6.07) is 12.5. The molecule has 1 heterocycles. The summed E-state index contributed by atoms with van der Waals surface area (Å²) in [5.41, 5.74) is 0.543. The topological polar surface area (TPSA) is 97.6 Å². The normalized spacial score (nSPS) is 17.3. The molecule has 26 heavy (non-hydrogen) atoms. The first-order valence-electron chi connectivity index (χ1n) is 8.14. The van der Waals surface area contributed by atoms with Crippen molar-refractivity contribution in [1.82, 2.24) is 4.90 Å². The monoisotopic (exact) mass is 374 g/mol. The highest BCUT2D eigenvalue weighted by atomic mass is 32.2. The van der Waals surface area contributed by atoms with Crippen LogP contribution >= 0.6 is 0 Å². The fourth-order valence-corrected chi connectivity index (χ4v) is 4.80. The number of benzene rings is 2. The minimum Gasteiger partial charge on any atom is -0.337 e. The van der Waals surface area contributed by atoms with Gasteiger partial charge in [-0.05, 0) is 31.5 Å². The molecule has 0 aliphatic carbocycles. The van der Waals surface area contributed by atoms with Crippen LogP contribution in [0.1, 0.15) is 22.3 Å². The number of amides is 1. The molecule has 1 atom stereocenters. The number of nitrogens with zero attached hydrogens (tertiary/aromatic N) is 2. The van der Waals surface area contributed by atoms with E-state index in [9.17, 15) is 23.3 Å². The van der Waals surface area contributed by atoms with Crippen LogP contribution in [0.15, 0.2) is 53.4 Å². The summed E-state index contributed by atoms with van der Waals surface area (Å²) in [5, 5.41) is 10.4. The number of nitro benzene ring substituents is 1. The van der Waals surface area contributed by atoms with Crippen LogP contribution in [0.2, 0.25) is 0 Å². The number of carbonyl (C=O) groups is 1. The highest BCUT2D eigenvalue weighted by Crippen LogP contribution is 2.26. The quantitative estimate of drug-likeness (QED) is 0.605. The van der Waals surface area contributed by atoms with Gasteiger partial charge < -0.3 is 4.90 Å². The van der Waals surface area contributed by atoms with Gasteiger partial charge in [0.15, 0.2) is 9.84 Å². The van der Waals surface area contributed by atoms with Crippen molar-refractivity contribution in [2.75, 3.05) is 13.1 Å². The second kappa shape index (κ2) is 6.87. The zero-order chi connectivity index (χ0) is 18.9. The maximum Gasteiger partial charge on any atom is 0.273 e. The first-order chi connectivity index (χ1) is 12.3. The third-order valence-electron chi connectivity index (χ3n) is 4.60. The summed E-state index contributed by atoms with van der Waals surface area (Å²) in [6.07, 6.45) is 0.344. The molecule has 1 aliphatic rings.